The molecule has 1 N–H and O–H groups in total. The van der Waals surface area contributed by atoms with Crippen LogP contribution < -0.4 is 10.1 Å². The minimum Gasteiger partial charge on any atom is -0.488 e. The van der Waals surface area contributed by atoms with Crippen LogP contribution in [0.4, 0.5) is 5.69 Å². The molecule has 34 heavy (non-hydrogen) atoms. The van der Waals surface area contributed by atoms with E-state index >= 15 is 0 Å². The molecule has 4 aromatic rings. The zero-order valence-electron chi connectivity index (χ0n) is 17.8. The first-order valence-electron chi connectivity index (χ1n) is 10.5. The molecule has 168 valence electrons. The predicted octanol–water partition coefficient (Wildman–Crippen LogP) is 7.62. The van der Waals surface area contributed by atoms with Crippen LogP contribution in [0, 0.1) is 0 Å². The second kappa shape index (κ2) is 9.94. The average Bonchev–Trinajstić information content (AvgIpc) is 3.19. The van der Waals surface area contributed by atoms with Crippen molar-refractivity contribution in [3.8, 4) is 5.75 Å². The van der Waals surface area contributed by atoms with E-state index in [1.807, 2.05) is 66.7 Å². The number of amidine groups is 1. The lowest BCUT2D eigenvalue weighted by Gasteiger charge is -2.13. The summed E-state index contributed by atoms with van der Waals surface area (Å²) in [6, 6.07) is 26.6. The number of nitrogens with one attached hydrogen (secondary N) is 1. The van der Waals surface area contributed by atoms with Gasteiger partial charge in [0.1, 0.15) is 12.4 Å². The Bertz CT molecular complexity index is 1430. The Labute approximate surface area is 211 Å². The van der Waals surface area contributed by atoms with Gasteiger partial charge in [0.25, 0.3) is 5.91 Å². The summed E-state index contributed by atoms with van der Waals surface area (Å²) in [5.41, 5.74) is 2.56. The van der Waals surface area contributed by atoms with E-state index in [2.05, 4.69) is 10.3 Å². The van der Waals surface area contributed by atoms with Crippen LogP contribution in [0.1, 0.15) is 11.1 Å². The summed E-state index contributed by atoms with van der Waals surface area (Å²) in [6.45, 7) is 0.383. The van der Waals surface area contributed by atoms with Crippen molar-refractivity contribution in [3.05, 3.63) is 111 Å². The van der Waals surface area contributed by atoms with Crippen LogP contribution in [0.3, 0.4) is 0 Å². The molecule has 1 heterocycles. The summed E-state index contributed by atoms with van der Waals surface area (Å²) in [7, 11) is 0. The van der Waals surface area contributed by atoms with E-state index in [0.29, 0.717) is 38.2 Å². The first kappa shape index (κ1) is 22.5. The molecule has 1 fully saturated rings. The molecule has 0 atom stereocenters. The Hall–Kier alpha value is -3.25. The van der Waals surface area contributed by atoms with Gasteiger partial charge in [0.2, 0.25) is 0 Å². The Kier molecular flexibility index (Phi) is 6.59. The van der Waals surface area contributed by atoms with E-state index in [0.717, 1.165) is 21.9 Å². The monoisotopic (exact) mass is 504 g/mol. The third-order valence-corrected chi connectivity index (χ3v) is 6.64. The van der Waals surface area contributed by atoms with E-state index in [-0.39, 0.29) is 5.91 Å². The number of halogens is 2. The van der Waals surface area contributed by atoms with Crippen LogP contribution in [0.2, 0.25) is 10.0 Å². The van der Waals surface area contributed by atoms with Gasteiger partial charge in [-0.25, -0.2) is 4.99 Å². The highest BCUT2D eigenvalue weighted by molar-refractivity contribution is 8.18. The van der Waals surface area contributed by atoms with Crippen molar-refractivity contribution in [1.82, 2.24) is 5.32 Å². The average molecular weight is 505 g/mol. The van der Waals surface area contributed by atoms with Crippen molar-refractivity contribution in [2.24, 2.45) is 4.99 Å². The Morgan fingerprint density at radius 2 is 1.59 bits per heavy atom. The lowest BCUT2D eigenvalue weighted by molar-refractivity contribution is -0.115. The van der Waals surface area contributed by atoms with Gasteiger partial charge < -0.3 is 10.1 Å². The minimum atomic E-state index is -0.200. The fraction of sp³-hybridized carbons (Fsp3) is 0.0370. The summed E-state index contributed by atoms with van der Waals surface area (Å²) < 4.78 is 6.18. The van der Waals surface area contributed by atoms with Crippen molar-refractivity contribution in [3.63, 3.8) is 0 Å². The maximum Gasteiger partial charge on any atom is 0.264 e. The van der Waals surface area contributed by atoms with E-state index in [1.54, 1.807) is 24.3 Å². The highest BCUT2D eigenvalue weighted by Gasteiger charge is 2.25. The molecule has 5 rings (SSSR count). The number of ether oxygens (including phenoxy) is 1. The molecule has 0 radical (unpaired) electrons. The number of hydrogen-bond donors (Lipinski definition) is 1. The van der Waals surface area contributed by atoms with Gasteiger partial charge in [0.05, 0.1) is 10.6 Å². The quantitative estimate of drug-likeness (QED) is 0.284. The third kappa shape index (κ3) is 5.12. The number of thioether (sulfide) groups is 1. The van der Waals surface area contributed by atoms with E-state index in [1.165, 1.54) is 11.8 Å². The largest absolute Gasteiger partial charge is 0.488 e. The number of amides is 1. The van der Waals surface area contributed by atoms with E-state index in [9.17, 15) is 4.79 Å². The predicted molar refractivity (Wildman–Crippen MR) is 142 cm³/mol. The summed E-state index contributed by atoms with van der Waals surface area (Å²) in [5.74, 6) is 0.493. The molecule has 0 bridgehead atoms. The molecule has 0 saturated carbocycles. The minimum absolute atomic E-state index is 0.200. The molecular weight excluding hydrogens is 487 g/mol. The molecule has 0 aromatic heterocycles. The summed E-state index contributed by atoms with van der Waals surface area (Å²) in [5, 5.41) is 6.73. The number of aliphatic imine (C=N–C) groups is 1. The second-order valence-electron chi connectivity index (χ2n) is 7.57. The van der Waals surface area contributed by atoms with Crippen molar-refractivity contribution in [2.75, 3.05) is 0 Å². The third-order valence-electron chi connectivity index (χ3n) is 5.22. The lowest BCUT2D eigenvalue weighted by Crippen LogP contribution is -2.19. The summed E-state index contributed by atoms with van der Waals surface area (Å²) >= 11 is 13.2. The molecule has 0 spiro atoms. The number of carbonyl (C=O) groups is 1. The van der Waals surface area contributed by atoms with E-state index in [4.69, 9.17) is 27.9 Å². The Morgan fingerprint density at radius 1 is 0.882 bits per heavy atom. The highest BCUT2D eigenvalue weighted by Crippen LogP contribution is 2.35. The smallest absolute Gasteiger partial charge is 0.264 e. The fourth-order valence-electron chi connectivity index (χ4n) is 3.54. The Morgan fingerprint density at radius 3 is 2.35 bits per heavy atom. The molecular formula is C27H18Cl2N2O2S. The van der Waals surface area contributed by atoms with Gasteiger partial charge in [-0.05, 0) is 76.6 Å². The van der Waals surface area contributed by atoms with Crippen LogP contribution in [-0.4, -0.2) is 11.1 Å². The molecule has 0 aliphatic carbocycles. The molecule has 4 nitrogen and oxygen atoms in total. The number of benzene rings is 4. The SMILES string of the molecule is O=C1NC(=Nc2ccc(Cl)cc2)S/C1=C\c1c(OCc2ccc(Cl)cc2)ccc2ccccc12. The molecule has 1 aliphatic heterocycles. The molecule has 1 amide bonds. The van der Waals surface area contributed by atoms with Crippen molar-refractivity contribution < 1.29 is 9.53 Å². The van der Waals surface area contributed by atoms with Gasteiger partial charge in [0, 0.05) is 15.6 Å². The van der Waals surface area contributed by atoms with Gasteiger partial charge >= 0.3 is 0 Å². The molecule has 4 aromatic carbocycles. The molecule has 1 saturated heterocycles. The van der Waals surface area contributed by atoms with E-state index < -0.39 is 0 Å². The lowest BCUT2D eigenvalue weighted by atomic mass is 10.0. The van der Waals surface area contributed by atoms with Crippen LogP contribution in [-0.2, 0) is 11.4 Å². The summed E-state index contributed by atoms with van der Waals surface area (Å²) in [6.07, 6.45) is 1.86. The maximum absolute atomic E-state index is 12.7. The van der Waals surface area contributed by atoms with Gasteiger partial charge in [-0.15, -0.1) is 0 Å². The van der Waals surface area contributed by atoms with Crippen molar-refractivity contribution in [2.45, 2.75) is 6.61 Å². The number of rotatable bonds is 5. The normalized spacial score (nSPS) is 15.8. The number of nitrogens with zero attached hydrogens (tertiary/aromatic N) is 1. The molecule has 7 heteroatoms. The molecule has 0 unspecified atom stereocenters. The van der Waals surface area contributed by atoms with Crippen LogP contribution in [0.15, 0.2) is 94.8 Å². The van der Waals surface area contributed by atoms with Gasteiger partial charge in [0.15, 0.2) is 5.17 Å². The first-order chi connectivity index (χ1) is 16.5. The topological polar surface area (TPSA) is 50.7 Å². The van der Waals surface area contributed by atoms with Gasteiger partial charge in [-0.3, -0.25) is 4.79 Å². The maximum atomic E-state index is 12.7. The second-order valence-corrected chi connectivity index (χ2v) is 9.48. The van der Waals surface area contributed by atoms with Gasteiger partial charge in [-0.1, -0.05) is 65.7 Å². The summed E-state index contributed by atoms with van der Waals surface area (Å²) in [4.78, 5) is 17.8. The van der Waals surface area contributed by atoms with Crippen LogP contribution >= 0.6 is 35.0 Å². The van der Waals surface area contributed by atoms with Crippen molar-refractivity contribution in [1.29, 1.82) is 0 Å². The highest BCUT2D eigenvalue weighted by atomic mass is 35.5. The fourth-order valence-corrected chi connectivity index (χ4v) is 4.61. The zero-order valence-corrected chi connectivity index (χ0v) is 20.1. The van der Waals surface area contributed by atoms with Gasteiger partial charge in [-0.2, -0.15) is 0 Å². The first-order valence-corrected chi connectivity index (χ1v) is 12.1. The van der Waals surface area contributed by atoms with Crippen LogP contribution in [0.25, 0.3) is 16.8 Å². The van der Waals surface area contributed by atoms with Crippen molar-refractivity contribution >= 4 is 68.6 Å². The Balaban J connectivity index is 1.47. The number of hydrogen-bond acceptors (Lipinski definition) is 4. The number of fused-ring (bicyclic) bond motifs is 1. The van der Waals surface area contributed by atoms with Crippen LogP contribution in [0.5, 0.6) is 5.75 Å². The molecule has 1 aliphatic rings. The number of carbonyl (C=O) groups excluding carboxylic acids is 1. The standard InChI is InChI=1S/C27H18Cl2N2O2S/c28-19-8-5-17(6-9-19)16-33-24-14-7-18-3-1-2-4-22(18)23(24)15-25-26(32)31-27(34-25)30-21-12-10-20(29)11-13-21/h1-15H,16H2,(H,30,31,32)/b25-15-. The zero-order chi connectivity index (χ0) is 23.5.